The number of hydrogen-bond donors (Lipinski definition) is 1. The van der Waals surface area contributed by atoms with Gasteiger partial charge >= 0.3 is 18.6 Å². The fraction of sp³-hybridized carbons (Fsp3) is 0.308. The summed E-state index contributed by atoms with van der Waals surface area (Å²) in [5.74, 6) is -1.29. The number of aromatic nitrogens is 3. The lowest BCUT2D eigenvalue weighted by molar-refractivity contribution is -0.142. The average molecular weight is 562 g/mol. The Morgan fingerprint density at radius 1 is 1.13 bits per heavy atom. The number of pyridine rings is 1. The summed E-state index contributed by atoms with van der Waals surface area (Å²) in [6.07, 6.45) is 2.45. The van der Waals surface area contributed by atoms with E-state index in [1.54, 1.807) is 48.8 Å². The summed E-state index contributed by atoms with van der Waals surface area (Å²) >= 11 is 1.02. The molecule has 0 aliphatic heterocycles. The van der Waals surface area contributed by atoms with Gasteiger partial charge in [-0.05, 0) is 31.5 Å². The first-order valence-corrected chi connectivity index (χ1v) is 12.6. The van der Waals surface area contributed by atoms with Gasteiger partial charge in [0.1, 0.15) is 34.8 Å². The molecule has 0 spiro atoms. The van der Waals surface area contributed by atoms with E-state index >= 15 is 0 Å². The van der Waals surface area contributed by atoms with Gasteiger partial charge in [0.2, 0.25) is 5.88 Å². The van der Waals surface area contributed by atoms with Crippen LogP contribution in [0.1, 0.15) is 53.2 Å². The molecule has 1 N–H and O–H groups in total. The number of thiazole rings is 1. The zero-order valence-corrected chi connectivity index (χ0v) is 22.0. The molecule has 0 radical (unpaired) electrons. The minimum atomic E-state index is -3.09. The van der Waals surface area contributed by atoms with E-state index in [0.29, 0.717) is 27.5 Å². The molecule has 0 unspecified atom stereocenters. The molecule has 13 heteroatoms. The molecule has 3 aromatic heterocycles. The summed E-state index contributed by atoms with van der Waals surface area (Å²) in [6.45, 7) is 1.31. The van der Waals surface area contributed by atoms with Crippen LogP contribution in [0.5, 0.6) is 11.6 Å². The number of halogens is 2. The van der Waals surface area contributed by atoms with Crippen molar-refractivity contribution >= 4 is 28.9 Å². The van der Waals surface area contributed by atoms with Gasteiger partial charge in [0, 0.05) is 24.2 Å². The van der Waals surface area contributed by atoms with E-state index in [4.69, 9.17) is 14.2 Å². The van der Waals surface area contributed by atoms with Gasteiger partial charge in [-0.3, -0.25) is 9.20 Å². The highest BCUT2D eigenvalue weighted by Crippen LogP contribution is 2.37. The van der Waals surface area contributed by atoms with Gasteiger partial charge in [-0.1, -0.05) is 18.2 Å². The normalized spacial score (nSPS) is 12.0. The van der Waals surface area contributed by atoms with E-state index in [1.165, 1.54) is 19.1 Å². The number of carbonyl (C=O) groups excluding carboxylic acids is 2. The molecule has 0 bridgehead atoms. The number of aliphatic hydroxyl groups is 1. The standard InChI is InChI=1S/C26H25F2N3O7S/c1-4-35-25(34)22-23(37-14(2)18-7-5-16(12-32)9-20(18)38-26(27)28)30-24(39-22)19-10-29-21-8-6-17(11-31(19)21)13-36-15(3)33/h5-11,14,26,32H,4,12-13H2,1-3H3/t14-/m1/s1. The molecular weight excluding hydrogens is 536 g/mol. The van der Waals surface area contributed by atoms with Crippen LogP contribution in [0.15, 0.2) is 42.7 Å². The molecule has 0 aliphatic rings. The van der Waals surface area contributed by atoms with Gasteiger partial charge in [-0.2, -0.15) is 13.8 Å². The van der Waals surface area contributed by atoms with E-state index in [9.17, 15) is 23.5 Å². The fourth-order valence-electron chi connectivity index (χ4n) is 3.72. The van der Waals surface area contributed by atoms with Gasteiger partial charge in [-0.15, -0.1) is 11.3 Å². The molecular formula is C26H25F2N3O7S. The maximum absolute atomic E-state index is 13.1. The summed E-state index contributed by atoms with van der Waals surface area (Å²) in [5.41, 5.74) is 2.49. The highest BCUT2D eigenvalue weighted by atomic mass is 32.1. The highest BCUT2D eigenvalue weighted by molar-refractivity contribution is 7.17. The molecule has 0 fully saturated rings. The van der Waals surface area contributed by atoms with Crippen LogP contribution in [0.3, 0.4) is 0 Å². The van der Waals surface area contributed by atoms with E-state index in [-0.39, 0.29) is 41.9 Å². The van der Waals surface area contributed by atoms with E-state index < -0.39 is 24.7 Å². The predicted molar refractivity (Wildman–Crippen MR) is 136 cm³/mol. The Bertz CT molecular complexity index is 1490. The van der Waals surface area contributed by atoms with Crippen LogP contribution in [-0.2, 0) is 27.5 Å². The average Bonchev–Trinajstić information content (AvgIpc) is 3.50. The predicted octanol–water partition coefficient (Wildman–Crippen LogP) is 4.93. The van der Waals surface area contributed by atoms with Crippen LogP contribution >= 0.6 is 11.3 Å². The van der Waals surface area contributed by atoms with Crippen LogP contribution in [0.2, 0.25) is 0 Å². The van der Waals surface area contributed by atoms with Crippen molar-refractivity contribution in [2.75, 3.05) is 6.61 Å². The number of benzene rings is 1. The summed E-state index contributed by atoms with van der Waals surface area (Å²) < 4.78 is 48.8. The quantitative estimate of drug-likeness (QED) is 0.254. The number of fused-ring (bicyclic) bond motifs is 1. The fourth-order valence-corrected chi connectivity index (χ4v) is 4.62. The Morgan fingerprint density at radius 3 is 2.59 bits per heavy atom. The number of nitrogens with zero attached hydrogens (tertiary/aromatic N) is 3. The van der Waals surface area contributed by atoms with Crippen molar-refractivity contribution in [1.82, 2.24) is 14.4 Å². The molecule has 1 aromatic carbocycles. The first kappa shape index (κ1) is 27.9. The van der Waals surface area contributed by atoms with Crippen LogP contribution in [0, 0.1) is 0 Å². The summed E-state index contributed by atoms with van der Waals surface area (Å²) in [4.78, 5) is 33.0. The number of aliphatic hydroxyl groups excluding tert-OH is 1. The Morgan fingerprint density at radius 2 is 1.90 bits per heavy atom. The maximum atomic E-state index is 13.1. The van der Waals surface area contributed by atoms with Crippen molar-refractivity contribution in [1.29, 1.82) is 0 Å². The topological polar surface area (TPSA) is 121 Å². The van der Waals surface area contributed by atoms with Crippen molar-refractivity contribution < 1.29 is 42.4 Å². The molecule has 0 aliphatic carbocycles. The molecule has 4 aromatic rings. The SMILES string of the molecule is CCOC(=O)c1sc(-c2cnc3ccc(COC(C)=O)cn23)nc1O[C@H](C)c1ccc(CO)cc1OC(F)F. The van der Waals surface area contributed by atoms with Gasteiger partial charge in [0.05, 0.1) is 19.4 Å². The molecule has 0 amide bonds. The van der Waals surface area contributed by atoms with Crippen molar-refractivity contribution in [3.8, 4) is 22.3 Å². The van der Waals surface area contributed by atoms with Gasteiger partial charge < -0.3 is 24.1 Å². The first-order chi connectivity index (χ1) is 18.7. The maximum Gasteiger partial charge on any atom is 0.387 e. The number of carbonyl (C=O) groups is 2. The molecule has 10 nitrogen and oxygen atoms in total. The zero-order chi connectivity index (χ0) is 28.1. The van der Waals surface area contributed by atoms with Crippen molar-refractivity contribution in [2.24, 2.45) is 0 Å². The molecule has 206 valence electrons. The molecule has 0 saturated heterocycles. The number of rotatable bonds is 11. The van der Waals surface area contributed by atoms with Gasteiger partial charge in [0.25, 0.3) is 0 Å². The largest absolute Gasteiger partial charge is 0.468 e. The van der Waals surface area contributed by atoms with Gasteiger partial charge in [0.15, 0.2) is 4.88 Å². The van der Waals surface area contributed by atoms with Crippen LogP contribution in [0.25, 0.3) is 16.3 Å². The zero-order valence-electron chi connectivity index (χ0n) is 21.2. The Labute approximate surface area is 225 Å². The van der Waals surface area contributed by atoms with Crippen LogP contribution in [-0.4, -0.2) is 44.6 Å². The van der Waals surface area contributed by atoms with E-state index in [1.807, 2.05) is 0 Å². The van der Waals surface area contributed by atoms with Crippen molar-refractivity contribution in [2.45, 2.75) is 46.7 Å². The van der Waals surface area contributed by atoms with Crippen molar-refractivity contribution in [3.63, 3.8) is 0 Å². The number of alkyl halides is 2. The second-order valence-corrected chi connectivity index (χ2v) is 9.23. The third kappa shape index (κ3) is 6.49. The molecule has 1 atom stereocenters. The third-order valence-corrected chi connectivity index (χ3v) is 6.53. The lowest BCUT2D eigenvalue weighted by Crippen LogP contribution is -2.12. The highest BCUT2D eigenvalue weighted by Gasteiger charge is 2.26. The number of esters is 2. The van der Waals surface area contributed by atoms with Gasteiger partial charge in [-0.25, -0.2) is 9.78 Å². The monoisotopic (exact) mass is 561 g/mol. The lowest BCUT2D eigenvalue weighted by Gasteiger charge is -2.18. The minimum Gasteiger partial charge on any atom is -0.468 e. The van der Waals surface area contributed by atoms with Crippen LogP contribution in [0.4, 0.5) is 8.78 Å². The number of ether oxygens (including phenoxy) is 4. The van der Waals surface area contributed by atoms with Crippen LogP contribution < -0.4 is 9.47 Å². The Hall–Kier alpha value is -4.10. The second kappa shape index (κ2) is 12.2. The third-order valence-electron chi connectivity index (χ3n) is 5.49. The molecule has 4 rings (SSSR count). The lowest BCUT2D eigenvalue weighted by atomic mass is 10.1. The summed E-state index contributed by atoms with van der Waals surface area (Å²) in [6, 6.07) is 7.88. The van der Waals surface area contributed by atoms with Crippen molar-refractivity contribution in [3.05, 3.63) is 64.3 Å². The molecule has 3 heterocycles. The smallest absolute Gasteiger partial charge is 0.387 e. The molecule has 0 saturated carbocycles. The number of hydrogen-bond acceptors (Lipinski definition) is 10. The number of imidazole rings is 1. The second-order valence-electron chi connectivity index (χ2n) is 8.23. The summed E-state index contributed by atoms with van der Waals surface area (Å²) in [7, 11) is 0. The van der Waals surface area contributed by atoms with E-state index in [0.717, 1.165) is 11.3 Å². The Balaban J connectivity index is 1.71. The summed E-state index contributed by atoms with van der Waals surface area (Å²) in [5, 5.41) is 9.77. The first-order valence-electron chi connectivity index (χ1n) is 11.8. The molecule has 39 heavy (non-hydrogen) atoms. The Kier molecular flexibility index (Phi) is 8.72. The minimum absolute atomic E-state index is 0.0544. The van der Waals surface area contributed by atoms with E-state index in [2.05, 4.69) is 14.7 Å².